The maximum absolute atomic E-state index is 4.83. The Labute approximate surface area is 153 Å². The molecule has 1 aromatic carbocycles. The first kappa shape index (κ1) is 16.2. The van der Waals surface area contributed by atoms with Gasteiger partial charge in [0.25, 0.3) is 0 Å². The van der Waals surface area contributed by atoms with Crippen molar-refractivity contribution in [2.75, 3.05) is 0 Å². The van der Waals surface area contributed by atoms with Crippen LogP contribution in [0.25, 0.3) is 33.9 Å². The zero-order valence-electron chi connectivity index (χ0n) is 14.8. The summed E-state index contributed by atoms with van der Waals surface area (Å²) < 4.78 is 0. The van der Waals surface area contributed by atoms with Crippen molar-refractivity contribution < 1.29 is 0 Å². The summed E-state index contributed by atoms with van der Waals surface area (Å²) >= 11 is 0. The molecule has 0 aliphatic heterocycles. The van der Waals surface area contributed by atoms with E-state index < -0.39 is 0 Å². The fourth-order valence-electron chi connectivity index (χ4n) is 3.02. The molecule has 0 saturated heterocycles. The number of nitrogens with zero attached hydrogens (tertiary/aromatic N) is 3. The smallest absolute Gasteiger partial charge is 0.0900 e. The Bertz CT molecular complexity index is 984. The zero-order valence-corrected chi connectivity index (χ0v) is 14.8. The quantitative estimate of drug-likeness (QED) is 0.496. The number of aromatic nitrogens is 3. The van der Waals surface area contributed by atoms with Crippen molar-refractivity contribution >= 4 is 0 Å². The van der Waals surface area contributed by atoms with Gasteiger partial charge in [0, 0.05) is 12.4 Å². The van der Waals surface area contributed by atoms with Gasteiger partial charge in [0.2, 0.25) is 0 Å². The van der Waals surface area contributed by atoms with E-state index in [2.05, 4.69) is 54.1 Å². The van der Waals surface area contributed by atoms with Crippen LogP contribution in [0.1, 0.15) is 11.1 Å². The van der Waals surface area contributed by atoms with Crippen LogP contribution < -0.4 is 0 Å². The summed E-state index contributed by atoms with van der Waals surface area (Å²) in [6.45, 7) is 4.25. The molecule has 0 unspecified atom stereocenters. The lowest BCUT2D eigenvalue weighted by atomic mass is 9.97. The predicted molar refractivity (Wildman–Crippen MR) is 106 cm³/mol. The maximum atomic E-state index is 4.83. The van der Waals surface area contributed by atoms with Crippen LogP contribution in [0.15, 0.2) is 79.1 Å². The largest absolute Gasteiger partial charge is 0.255 e. The number of hydrogen-bond donors (Lipinski definition) is 0. The summed E-state index contributed by atoms with van der Waals surface area (Å²) in [5.41, 5.74) is 8.23. The molecular weight excluding hydrogens is 318 g/mol. The van der Waals surface area contributed by atoms with Gasteiger partial charge in [-0.25, -0.2) is 4.98 Å². The van der Waals surface area contributed by atoms with Crippen LogP contribution >= 0.6 is 0 Å². The van der Waals surface area contributed by atoms with Crippen LogP contribution in [0.2, 0.25) is 0 Å². The third-order valence-corrected chi connectivity index (χ3v) is 4.38. The SMILES string of the molecule is Cc1ccc(C)c(-c2cc(-c3ccccn3)nc(-c3ccccn3)c2)c1. The average Bonchev–Trinajstić information content (AvgIpc) is 2.71. The van der Waals surface area contributed by atoms with Crippen LogP contribution in [-0.2, 0) is 0 Å². The molecule has 0 fully saturated rings. The maximum Gasteiger partial charge on any atom is 0.0900 e. The normalized spacial score (nSPS) is 10.7. The standard InChI is InChI=1S/C23H19N3/c1-16-9-10-17(2)19(13-16)18-14-22(20-7-3-5-11-24-20)26-23(15-18)21-8-4-6-12-25-21/h3-15H,1-2H3. The van der Waals surface area contributed by atoms with E-state index in [1.165, 1.54) is 16.7 Å². The van der Waals surface area contributed by atoms with E-state index in [0.29, 0.717) is 0 Å². The highest BCUT2D eigenvalue weighted by atomic mass is 14.8. The van der Waals surface area contributed by atoms with Crippen molar-refractivity contribution in [3.05, 3.63) is 90.3 Å². The molecule has 0 aliphatic carbocycles. The van der Waals surface area contributed by atoms with E-state index in [0.717, 1.165) is 28.3 Å². The molecule has 26 heavy (non-hydrogen) atoms. The number of rotatable bonds is 3. The first-order chi connectivity index (χ1) is 12.7. The minimum atomic E-state index is 0.852. The first-order valence-electron chi connectivity index (χ1n) is 8.63. The summed E-state index contributed by atoms with van der Waals surface area (Å²) in [7, 11) is 0. The van der Waals surface area contributed by atoms with Crippen molar-refractivity contribution in [3.8, 4) is 33.9 Å². The van der Waals surface area contributed by atoms with Crippen LogP contribution in [-0.4, -0.2) is 15.0 Å². The molecule has 0 bridgehead atoms. The van der Waals surface area contributed by atoms with Crippen molar-refractivity contribution in [1.29, 1.82) is 0 Å². The fraction of sp³-hybridized carbons (Fsp3) is 0.0870. The molecule has 126 valence electrons. The van der Waals surface area contributed by atoms with E-state index >= 15 is 0 Å². The Balaban J connectivity index is 1.95. The highest BCUT2D eigenvalue weighted by molar-refractivity contribution is 5.76. The molecular formula is C23H19N3. The van der Waals surface area contributed by atoms with Crippen LogP contribution in [0.4, 0.5) is 0 Å². The van der Waals surface area contributed by atoms with E-state index in [-0.39, 0.29) is 0 Å². The third kappa shape index (κ3) is 3.24. The van der Waals surface area contributed by atoms with Gasteiger partial charge >= 0.3 is 0 Å². The van der Waals surface area contributed by atoms with Gasteiger partial charge in [0.05, 0.1) is 22.8 Å². The molecule has 0 spiro atoms. The monoisotopic (exact) mass is 337 g/mol. The van der Waals surface area contributed by atoms with Crippen LogP contribution in [0.5, 0.6) is 0 Å². The molecule has 0 saturated carbocycles. The van der Waals surface area contributed by atoms with E-state index in [4.69, 9.17) is 4.98 Å². The number of hydrogen-bond acceptors (Lipinski definition) is 3. The summed E-state index contributed by atoms with van der Waals surface area (Å²) in [5.74, 6) is 0. The van der Waals surface area contributed by atoms with Gasteiger partial charge in [-0.3, -0.25) is 9.97 Å². The molecule has 0 aliphatic rings. The lowest BCUT2D eigenvalue weighted by Gasteiger charge is -2.12. The highest BCUT2D eigenvalue weighted by Gasteiger charge is 2.11. The zero-order chi connectivity index (χ0) is 17.9. The number of pyridine rings is 3. The van der Waals surface area contributed by atoms with Crippen molar-refractivity contribution in [2.45, 2.75) is 13.8 Å². The Hall–Kier alpha value is -3.33. The molecule has 3 nitrogen and oxygen atoms in total. The van der Waals surface area contributed by atoms with Gasteiger partial charge in [-0.2, -0.15) is 0 Å². The molecule has 0 amide bonds. The van der Waals surface area contributed by atoms with Gasteiger partial charge in [-0.1, -0.05) is 35.9 Å². The van der Waals surface area contributed by atoms with Gasteiger partial charge < -0.3 is 0 Å². The lowest BCUT2D eigenvalue weighted by Crippen LogP contribution is -1.95. The van der Waals surface area contributed by atoms with Crippen LogP contribution in [0.3, 0.4) is 0 Å². The third-order valence-electron chi connectivity index (χ3n) is 4.38. The Morgan fingerprint density at radius 2 is 1.23 bits per heavy atom. The van der Waals surface area contributed by atoms with E-state index in [1.54, 1.807) is 12.4 Å². The fourth-order valence-corrected chi connectivity index (χ4v) is 3.02. The summed E-state index contributed by atoms with van der Waals surface area (Å²) in [4.78, 5) is 13.8. The van der Waals surface area contributed by atoms with Crippen molar-refractivity contribution in [3.63, 3.8) is 0 Å². The number of aryl methyl sites for hydroxylation is 2. The molecule has 4 rings (SSSR count). The second-order valence-corrected chi connectivity index (χ2v) is 6.37. The predicted octanol–water partition coefficient (Wildman–Crippen LogP) is 5.49. The second-order valence-electron chi connectivity index (χ2n) is 6.37. The average molecular weight is 337 g/mol. The molecule has 3 heteroatoms. The molecule has 3 aromatic heterocycles. The van der Waals surface area contributed by atoms with Gasteiger partial charge in [0.15, 0.2) is 0 Å². The highest BCUT2D eigenvalue weighted by Crippen LogP contribution is 2.31. The second kappa shape index (κ2) is 6.89. The molecule has 0 radical (unpaired) electrons. The topological polar surface area (TPSA) is 38.7 Å². The lowest BCUT2D eigenvalue weighted by molar-refractivity contribution is 1.22. The summed E-state index contributed by atoms with van der Waals surface area (Å²) in [6.07, 6.45) is 3.59. The Morgan fingerprint density at radius 3 is 1.77 bits per heavy atom. The van der Waals surface area contributed by atoms with Crippen LogP contribution in [0, 0.1) is 13.8 Å². The molecule has 4 aromatic rings. The van der Waals surface area contributed by atoms with Gasteiger partial charge in [-0.15, -0.1) is 0 Å². The number of benzene rings is 1. The van der Waals surface area contributed by atoms with Crippen molar-refractivity contribution in [2.24, 2.45) is 0 Å². The van der Waals surface area contributed by atoms with E-state index in [9.17, 15) is 0 Å². The Kier molecular flexibility index (Phi) is 4.28. The van der Waals surface area contributed by atoms with Crippen molar-refractivity contribution in [1.82, 2.24) is 15.0 Å². The molecule has 0 N–H and O–H groups in total. The van der Waals surface area contributed by atoms with Gasteiger partial charge in [0.1, 0.15) is 0 Å². The molecule has 0 atom stereocenters. The van der Waals surface area contributed by atoms with E-state index in [1.807, 2.05) is 36.4 Å². The molecule has 3 heterocycles. The Morgan fingerprint density at radius 1 is 0.615 bits per heavy atom. The minimum Gasteiger partial charge on any atom is -0.255 e. The first-order valence-corrected chi connectivity index (χ1v) is 8.63. The van der Waals surface area contributed by atoms with Gasteiger partial charge in [-0.05, 0) is 66.9 Å². The summed E-state index contributed by atoms with van der Waals surface area (Å²) in [6, 6.07) is 22.5. The minimum absolute atomic E-state index is 0.852. The summed E-state index contributed by atoms with van der Waals surface area (Å²) in [5, 5.41) is 0.